The van der Waals surface area contributed by atoms with E-state index in [9.17, 15) is 27.6 Å². The van der Waals surface area contributed by atoms with Gasteiger partial charge in [0.15, 0.2) is 0 Å². The van der Waals surface area contributed by atoms with Crippen molar-refractivity contribution in [2.75, 3.05) is 37.0 Å². The largest absolute Gasteiger partial charge is 0.494 e. The first-order valence-electron chi connectivity index (χ1n) is 14.4. The Morgan fingerprint density at radius 3 is 2.58 bits per heavy atom. The number of pyridine rings is 1. The number of nitrogens with one attached hydrogen (secondary N) is 2. The Kier molecular flexibility index (Phi) is 8.14. The maximum Gasteiger partial charge on any atom is 0.433 e. The molecule has 0 radical (unpaired) electrons. The number of fused-ring (bicyclic) bond motifs is 1. The molecule has 2 N–H and O–H groups in total. The number of alkyl halides is 3. The van der Waals surface area contributed by atoms with Crippen molar-refractivity contribution >= 4 is 40.1 Å². The number of hydrogen-bond acceptors (Lipinski definition) is 7. The number of benzene rings is 2. The number of imide groups is 1. The predicted octanol–water partition coefficient (Wildman–Crippen LogP) is 4.99. The first-order valence-corrected chi connectivity index (χ1v) is 14.4. The number of methoxy groups -OCH3 is 1. The Hall–Kier alpha value is -4.98. The number of piperidine rings is 1. The molecule has 2 fully saturated rings. The van der Waals surface area contributed by atoms with E-state index < -0.39 is 23.8 Å². The number of urea groups is 1. The summed E-state index contributed by atoms with van der Waals surface area (Å²) in [6.45, 7) is 2.77. The number of rotatable bonds is 7. The van der Waals surface area contributed by atoms with E-state index in [0.29, 0.717) is 23.5 Å². The summed E-state index contributed by atoms with van der Waals surface area (Å²) >= 11 is 0. The lowest BCUT2D eigenvalue weighted by Gasteiger charge is -2.32. The van der Waals surface area contributed by atoms with Crippen LogP contribution in [0.15, 0.2) is 60.9 Å². The van der Waals surface area contributed by atoms with Crippen LogP contribution in [0.1, 0.15) is 46.9 Å². The number of anilines is 2. The molecule has 0 unspecified atom stereocenters. The Bertz CT molecular complexity index is 1750. The van der Waals surface area contributed by atoms with Gasteiger partial charge < -0.3 is 10.1 Å². The fourth-order valence-electron chi connectivity index (χ4n) is 5.65. The molecule has 4 amide bonds. The molecule has 2 aliphatic rings. The van der Waals surface area contributed by atoms with Crippen molar-refractivity contribution in [3.05, 3.63) is 77.7 Å². The molecule has 0 atom stereocenters. The quantitative estimate of drug-likeness (QED) is 0.298. The fourth-order valence-corrected chi connectivity index (χ4v) is 5.65. The summed E-state index contributed by atoms with van der Waals surface area (Å²) in [6.07, 6.45) is 0.222. The third-order valence-electron chi connectivity index (χ3n) is 8.02. The first kappa shape index (κ1) is 30.1. The normalized spacial score (nSPS) is 16.6. The lowest BCUT2D eigenvalue weighted by molar-refractivity contribution is -0.141. The zero-order chi connectivity index (χ0) is 31.7. The number of likely N-dealkylation sites (tertiary alicyclic amines) is 1. The average molecular weight is 622 g/mol. The van der Waals surface area contributed by atoms with E-state index in [0.717, 1.165) is 67.4 Å². The van der Waals surface area contributed by atoms with Crippen LogP contribution >= 0.6 is 0 Å². The summed E-state index contributed by atoms with van der Waals surface area (Å²) in [5, 5.41) is 10.6. The molecule has 4 heterocycles. The van der Waals surface area contributed by atoms with Gasteiger partial charge in [-0.25, -0.2) is 4.79 Å². The molecule has 2 aromatic heterocycles. The van der Waals surface area contributed by atoms with Gasteiger partial charge in [-0.1, -0.05) is 12.1 Å². The van der Waals surface area contributed by atoms with E-state index in [4.69, 9.17) is 9.84 Å². The minimum Gasteiger partial charge on any atom is -0.494 e. The fraction of sp³-hybridized carbons (Fsp3) is 0.323. The smallest absolute Gasteiger partial charge is 0.433 e. The van der Waals surface area contributed by atoms with Gasteiger partial charge >= 0.3 is 12.2 Å². The number of ether oxygens (including phenoxy) is 1. The Balaban J connectivity index is 1.09. The summed E-state index contributed by atoms with van der Waals surface area (Å²) in [5.74, 6) is -0.513. The second-order valence-corrected chi connectivity index (χ2v) is 11.0. The molecular weight excluding hydrogens is 591 g/mol. The minimum atomic E-state index is -4.59. The summed E-state index contributed by atoms with van der Waals surface area (Å²) in [7, 11) is 1.46. The topological polar surface area (TPSA) is 122 Å². The number of nitrogens with zero attached hydrogens (tertiary/aromatic N) is 5. The second kappa shape index (κ2) is 12.2. The molecule has 0 saturated carbocycles. The van der Waals surface area contributed by atoms with Crippen molar-refractivity contribution in [3.8, 4) is 5.75 Å². The second-order valence-electron chi connectivity index (χ2n) is 11.0. The van der Waals surface area contributed by atoms with Crippen molar-refractivity contribution in [1.29, 1.82) is 0 Å². The maximum atomic E-state index is 12.8. The van der Waals surface area contributed by atoms with Gasteiger partial charge in [-0.05, 0) is 48.7 Å². The van der Waals surface area contributed by atoms with E-state index in [1.807, 2.05) is 35.1 Å². The van der Waals surface area contributed by atoms with Gasteiger partial charge in [-0.15, -0.1) is 0 Å². The van der Waals surface area contributed by atoms with Gasteiger partial charge in [0.25, 0.3) is 5.91 Å². The monoisotopic (exact) mass is 621 g/mol. The van der Waals surface area contributed by atoms with Crippen LogP contribution in [0.4, 0.5) is 29.3 Å². The van der Waals surface area contributed by atoms with Crippen molar-refractivity contribution in [2.45, 2.75) is 38.0 Å². The maximum absolute atomic E-state index is 12.8. The third-order valence-corrected chi connectivity index (χ3v) is 8.02. The van der Waals surface area contributed by atoms with Crippen LogP contribution in [-0.4, -0.2) is 64.3 Å². The molecular formula is C31H30F3N7O4. The van der Waals surface area contributed by atoms with Crippen LogP contribution in [0.5, 0.6) is 5.75 Å². The van der Waals surface area contributed by atoms with Gasteiger partial charge in [-0.2, -0.15) is 18.3 Å². The summed E-state index contributed by atoms with van der Waals surface area (Å²) in [6, 6.07) is 12.8. The Labute approximate surface area is 256 Å². The molecule has 2 saturated heterocycles. The predicted molar refractivity (Wildman–Crippen MR) is 159 cm³/mol. The lowest BCUT2D eigenvalue weighted by Crippen LogP contribution is -2.49. The van der Waals surface area contributed by atoms with Crippen LogP contribution < -0.4 is 20.3 Å². The van der Waals surface area contributed by atoms with Crippen molar-refractivity contribution < 1.29 is 32.3 Å². The van der Waals surface area contributed by atoms with Crippen LogP contribution in [0, 0.1) is 0 Å². The molecule has 0 bridgehead atoms. The average Bonchev–Trinajstić information content (AvgIpc) is 3.43. The van der Waals surface area contributed by atoms with Crippen molar-refractivity contribution in [3.63, 3.8) is 0 Å². The van der Waals surface area contributed by atoms with Crippen LogP contribution in [-0.2, 0) is 17.5 Å². The highest BCUT2D eigenvalue weighted by atomic mass is 19.4. The molecule has 0 spiro atoms. The minimum absolute atomic E-state index is 0.0205. The van der Waals surface area contributed by atoms with Gasteiger partial charge in [0, 0.05) is 62.1 Å². The van der Waals surface area contributed by atoms with Crippen molar-refractivity contribution in [2.24, 2.45) is 0 Å². The zero-order valence-corrected chi connectivity index (χ0v) is 24.3. The molecule has 14 heteroatoms. The SMILES string of the molecule is COc1cc2nn(C3CCN(Cc4cccc(N5CCC(=O)NC5=O)c4)CC3)cc2cc1NC(=O)c1ccc(C(F)(F)F)nc1. The summed E-state index contributed by atoms with van der Waals surface area (Å²) in [4.78, 5) is 43.8. The van der Waals surface area contributed by atoms with E-state index in [2.05, 4.69) is 20.5 Å². The van der Waals surface area contributed by atoms with E-state index >= 15 is 0 Å². The van der Waals surface area contributed by atoms with Gasteiger partial charge in [0.2, 0.25) is 5.91 Å². The van der Waals surface area contributed by atoms with E-state index in [-0.39, 0.29) is 23.9 Å². The number of halogens is 3. The summed E-state index contributed by atoms with van der Waals surface area (Å²) in [5.41, 5.74) is 1.79. The Morgan fingerprint density at radius 2 is 1.89 bits per heavy atom. The molecule has 234 valence electrons. The number of carbonyl (C=O) groups excluding carboxylic acids is 3. The number of carbonyl (C=O) groups is 3. The highest BCUT2D eigenvalue weighted by molar-refractivity contribution is 6.06. The molecule has 2 aliphatic heterocycles. The summed E-state index contributed by atoms with van der Waals surface area (Å²) < 4.78 is 45.9. The van der Waals surface area contributed by atoms with Crippen molar-refractivity contribution in [1.82, 2.24) is 25.0 Å². The molecule has 4 aromatic rings. The first-order chi connectivity index (χ1) is 21.6. The zero-order valence-electron chi connectivity index (χ0n) is 24.3. The standard InChI is InChI=1S/C31H30F3N7O4/c1-45-26-15-24-21(14-25(26)36-29(43)20-5-6-27(35-16-20)31(32,33)34)18-41(38-24)22-7-10-39(11-8-22)17-19-3-2-4-23(13-19)40-12-9-28(42)37-30(40)44/h2-6,13-16,18,22H,7-12,17H2,1H3,(H,36,43)(H,37,42,44). The highest BCUT2D eigenvalue weighted by Crippen LogP contribution is 2.33. The molecule has 2 aromatic carbocycles. The third kappa shape index (κ3) is 6.60. The number of aromatic nitrogens is 3. The highest BCUT2D eigenvalue weighted by Gasteiger charge is 2.32. The Morgan fingerprint density at radius 1 is 1.09 bits per heavy atom. The van der Waals surface area contributed by atoms with Gasteiger partial charge in [0.05, 0.1) is 29.9 Å². The van der Waals surface area contributed by atoms with E-state index in [1.54, 1.807) is 17.0 Å². The molecule has 6 rings (SSSR count). The lowest BCUT2D eigenvalue weighted by atomic mass is 10.0. The molecule has 11 nitrogen and oxygen atoms in total. The molecule has 45 heavy (non-hydrogen) atoms. The van der Waals surface area contributed by atoms with Gasteiger partial charge in [-0.3, -0.25) is 34.4 Å². The number of hydrogen-bond donors (Lipinski definition) is 2. The number of amides is 4. The van der Waals surface area contributed by atoms with E-state index in [1.165, 1.54) is 7.11 Å². The van der Waals surface area contributed by atoms with Crippen LogP contribution in [0.25, 0.3) is 10.9 Å². The van der Waals surface area contributed by atoms with Gasteiger partial charge in [0.1, 0.15) is 11.4 Å². The molecule has 0 aliphatic carbocycles. The van der Waals surface area contributed by atoms with Crippen LogP contribution in [0.3, 0.4) is 0 Å². The van der Waals surface area contributed by atoms with Crippen LogP contribution in [0.2, 0.25) is 0 Å².